The highest BCUT2D eigenvalue weighted by molar-refractivity contribution is 5.03. The Balaban J connectivity index is 0.848. The van der Waals surface area contributed by atoms with Crippen molar-refractivity contribution < 1.29 is 168 Å². The van der Waals surface area contributed by atoms with Gasteiger partial charge in [-0.15, -0.1) is 0 Å². The Bertz CT molecular complexity index is 1790. The summed E-state index contributed by atoms with van der Waals surface area (Å²) in [5.41, 5.74) is 0. The Morgan fingerprint density at radius 2 is 0.671 bits per heavy atom. The van der Waals surface area contributed by atoms with E-state index in [1.807, 2.05) is 0 Å². The van der Waals surface area contributed by atoms with Gasteiger partial charge in [0.25, 0.3) is 0 Å². The first kappa shape index (κ1) is 60.7. The van der Waals surface area contributed by atoms with Crippen LogP contribution in [-0.4, -0.2) is 364 Å². The first-order chi connectivity index (χ1) is 36.2. The SMILES string of the molecule is OC[C@@H](O)[C@@H](O[C@H]1O[C@H](CO)[C@@H](O[C@H]2O[C@@H]3CO[C@H]([C@H]2O)[C@@H]3O[C@H]2O[C@H](CO)[C@@H](O[C@H]3O[C@H](CO)[C@@H](O[C@H]4O[C@@H]5CO[C@H]([C@H]4O)[C@@H]5O[C@H]4O[C@H](CO)[C@@H](O)[C@H](O)[C@H]4O)[C@H](O)[C@H]3O)[C@H](O)[C@H]2O)[C@H](O)[C@H]1O)[C@H](O)[C@@H](O)CO. The third-order valence-corrected chi connectivity index (χ3v) is 14.7. The molecule has 0 aromatic rings. The van der Waals surface area contributed by atoms with Gasteiger partial charge in [-0.1, -0.05) is 0 Å². The van der Waals surface area contributed by atoms with Crippen LogP contribution < -0.4 is 0 Å². The second-order valence-corrected chi connectivity index (χ2v) is 19.6. The van der Waals surface area contributed by atoms with Crippen LogP contribution in [0.2, 0.25) is 0 Å². The Kier molecular flexibility index (Phi) is 20.6. The highest BCUT2D eigenvalue weighted by Gasteiger charge is 2.60. The molecule has 0 radical (unpaired) electrons. The predicted octanol–water partition coefficient (Wildman–Crippen LogP) is -14.5. The minimum absolute atomic E-state index is 0.203. The van der Waals surface area contributed by atoms with Crippen molar-refractivity contribution in [1.29, 1.82) is 0 Å². The molecule has 0 spiro atoms. The van der Waals surface area contributed by atoms with Crippen molar-refractivity contribution in [2.75, 3.05) is 52.9 Å². The van der Waals surface area contributed by atoms with Crippen molar-refractivity contribution in [2.24, 2.45) is 0 Å². The molecule has 442 valence electrons. The van der Waals surface area contributed by atoms with E-state index in [0.717, 1.165) is 0 Å². The second-order valence-electron chi connectivity index (χ2n) is 19.6. The van der Waals surface area contributed by atoms with Crippen LogP contribution in [0.1, 0.15) is 0 Å². The number of hydrogen-bond donors (Lipinski definition) is 20. The summed E-state index contributed by atoms with van der Waals surface area (Å²) in [6.45, 7) is -6.04. The zero-order valence-electron chi connectivity index (χ0n) is 39.9. The van der Waals surface area contributed by atoms with E-state index < -0.39 is 248 Å². The van der Waals surface area contributed by atoms with Crippen molar-refractivity contribution >= 4 is 0 Å². The van der Waals surface area contributed by atoms with Gasteiger partial charge in [0.2, 0.25) is 0 Å². The third kappa shape index (κ3) is 11.9. The van der Waals surface area contributed by atoms with E-state index in [-0.39, 0.29) is 13.2 Å². The molecule has 0 saturated carbocycles. The van der Waals surface area contributed by atoms with E-state index >= 15 is 0 Å². The number of ether oxygens (including phenoxy) is 14. The van der Waals surface area contributed by atoms with Gasteiger partial charge in [-0.25, -0.2) is 0 Å². The minimum atomic E-state index is -2.08. The summed E-state index contributed by atoms with van der Waals surface area (Å²) in [5.74, 6) is 0. The molecular formula is C42H70O34. The highest BCUT2D eigenvalue weighted by atomic mass is 16.8. The molecule has 8 rings (SSSR count). The van der Waals surface area contributed by atoms with Gasteiger partial charge in [0, 0.05) is 0 Å². The molecule has 0 aliphatic carbocycles. The summed E-state index contributed by atoms with van der Waals surface area (Å²) in [5, 5.41) is 210. The molecule has 34 atom stereocenters. The molecule has 8 aliphatic rings. The van der Waals surface area contributed by atoms with Crippen LogP contribution in [0.5, 0.6) is 0 Å². The van der Waals surface area contributed by atoms with Crippen molar-refractivity contribution in [3.8, 4) is 0 Å². The number of hydrogen-bond acceptors (Lipinski definition) is 34. The average Bonchev–Trinajstić information content (AvgIpc) is 3.91. The average molecular weight is 1120 g/mol. The Hall–Kier alpha value is -1.36. The number of rotatable bonds is 21. The van der Waals surface area contributed by atoms with Crippen LogP contribution >= 0.6 is 0 Å². The summed E-state index contributed by atoms with van der Waals surface area (Å²) in [4.78, 5) is 0. The monoisotopic (exact) mass is 1120 g/mol. The van der Waals surface area contributed by atoms with Gasteiger partial charge >= 0.3 is 0 Å². The zero-order valence-corrected chi connectivity index (χ0v) is 39.9. The molecule has 20 N–H and O–H groups in total. The fourth-order valence-corrected chi connectivity index (χ4v) is 10.3. The zero-order chi connectivity index (χ0) is 55.2. The van der Waals surface area contributed by atoms with Crippen LogP contribution in [0.15, 0.2) is 0 Å². The smallest absolute Gasteiger partial charge is 0.187 e. The van der Waals surface area contributed by atoms with Crippen LogP contribution in [0.25, 0.3) is 0 Å². The maximum Gasteiger partial charge on any atom is 0.187 e. The number of aliphatic hydroxyl groups is 20. The summed E-state index contributed by atoms with van der Waals surface area (Å²) in [6, 6.07) is 0. The number of aliphatic hydroxyl groups excluding tert-OH is 20. The van der Waals surface area contributed by atoms with E-state index in [2.05, 4.69) is 0 Å². The molecule has 0 aromatic heterocycles. The molecule has 8 heterocycles. The van der Waals surface area contributed by atoms with Crippen molar-refractivity contribution in [3.05, 3.63) is 0 Å². The maximum atomic E-state index is 11.4. The summed E-state index contributed by atoms with van der Waals surface area (Å²) in [6.07, 6.45) is -57.8. The van der Waals surface area contributed by atoms with Gasteiger partial charge in [0.15, 0.2) is 37.7 Å². The van der Waals surface area contributed by atoms with Gasteiger partial charge in [-0.2, -0.15) is 0 Å². The lowest BCUT2D eigenvalue weighted by atomic mass is 9.96. The van der Waals surface area contributed by atoms with Crippen LogP contribution in [0, 0.1) is 0 Å². The van der Waals surface area contributed by atoms with Crippen LogP contribution in [0.3, 0.4) is 0 Å². The summed E-state index contributed by atoms with van der Waals surface area (Å²) < 4.78 is 80.0. The van der Waals surface area contributed by atoms with Gasteiger partial charge in [-0.05, 0) is 0 Å². The van der Waals surface area contributed by atoms with E-state index in [4.69, 9.17) is 66.3 Å². The van der Waals surface area contributed by atoms with Crippen LogP contribution in [-0.2, 0) is 66.3 Å². The molecule has 0 amide bonds. The minimum Gasteiger partial charge on any atom is -0.394 e. The fourth-order valence-electron chi connectivity index (χ4n) is 10.3. The Morgan fingerprint density at radius 3 is 1.05 bits per heavy atom. The first-order valence-corrected chi connectivity index (χ1v) is 24.5. The quantitative estimate of drug-likeness (QED) is 0.0507. The fraction of sp³-hybridized carbons (Fsp3) is 1.00. The lowest BCUT2D eigenvalue weighted by Crippen LogP contribution is -2.67. The Morgan fingerprint density at radius 1 is 0.342 bits per heavy atom. The molecule has 76 heavy (non-hydrogen) atoms. The molecule has 8 fully saturated rings. The van der Waals surface area contributed by atoms with E-state index in [0.29, 0.717) is 0 Å². The largest absolute Gasteiger partial charge is 0.394 e. The molecule has 34 nitrogen and oxygen atoms in total. The van der Waals surface area contributed by atoms with Crippen molar-refractivity contribution in [2.45, 2.75) is 209 Å². The second kappa shape index (κ2) is 25.8. The molecule has 8 saturated heterocycles. The first-order valence-electron chi connectivity index (χ1n) is 24.5. The van der Waals surface area contributed by atoms with Crippen molar-refractivity contribution in [1.82, 2.24) is 0 Å². The van der Waals surface area contributed by atoms with Crippen molar-refractivity contribution in [3.63, 3.8) is 0 Å². The molecular weight excluding hydrogens is 1050 g/mol. The highest BCUT2D eigenvalue weighted by Crippen LogP contribution is 2.40. The third-order valence-electron chi connectivity index (χ3n) is 14.7. The van der Waals surface area contributed by atoms with Gasteiger partial charge < -0.3 is 168 Å². The molecule has 34 heteroatoms. The van der Waals surface area contributed by atoms with E-state index in [1.165, 1.54) is 0 Å². The molecule has 4 bridgehead atoms. The summed E-state index contributed by atoms with van der Waals surface area (Å²) >= 11 is 0. The predicted molar refractivity (Wildman–Crippen MR) is 227 cm³/mol. The van der Waals surface area contributed by atoms with Gasteiger partial charge in [0.1, 0.15) is 171 Å². The number of fused-ring (bicyclic) bond motifs is 4. The van der Waals surface area contributed by atoms with E-state index in [9.17, 15) is 102 Å². The van der Waals surface area contributed by atoms with Gasteiger partial charge in [-0.3, -0.25) is 0 Å². The normalized spacial score (nSPS) is 51.3. The Labute approximate surface area is 429 Å². The maximum absolute atomic E-state index is 11.4. The molecule has 0 unspecified atom stereocenters. The molecule has 8 aliphatic heterocycles. The summed E-state index contributed by atoms with van der Waals surface area (Å²) in [7, 11) is 0. The van der Waals surface area contributed by atoms with E-state index in [1.54, 1.807) is 0 Å². The topological polar surface area (TPSA) is 534 Å². The lowest BCUT2D eigenvalue weighted by Gasteiger charge is -2.48. The molecule has 0 aromatic carbocycles. The lowest BCUT2D eigenvalue weighted by molar-refractivity contribution is -0.386. The standard InChI is InChI=1S/C42H70O34/c43-1-9(49)17(51)29(10(50)2-44)71-38-24(58)20(54)31(13(5-47)66-38)73-42-28(62)36-34(16(70-42)8-64-36)76-40-26(60)22(56)30(12(4-46)68-40)72-39-25(59)21(55)32(14(6-48)67-39)74-41-27(61)35-33(15(69-41)7-63-35)75-37-23(57)19(53)18(52)11(3-45)65-37/h9-62H,1-8H2/t9-,10+,11+,12+,13+,14+,15+,16+,17+,18+,19-,20+,21+,22+,23+,24+,25+,26+,27+,28+,29+,30+,31+,32+,33+,34+,35+,36+,37+,38+,39+,40+,41+,42+/m0/s1. The van der Waals surface area contributed by atoms with Gasteiger partial charge in [0.05, 0.1) is 52.9 Å². The van der Waals surface area contributed by atoms with Crippen LogP contribution in [0.4, 0.5) is 0 Å².